The average Bonchev–Trinajstić information content (AvgIpc) is 3.11. The van der Waals surface area contributed by atoms with Gasteiger partial charge in [0, 0.05) is 11.1 Å². The largest absolute Gasteiger partial charge is 0.493 e. The number of methoxy groups -OCH3 is 2. The summed E-state index contributed by atoms with van der Waals surface area (Å²) in [7, 11) is 3.05. The third kappa shape index (κ3) is 2.89. The molecule has 1 N–H and O–H groups in total. The summed E-state index contributed by atoms with van der Waals surface area (Å²) in [5.41, 5.74) is 1.28. The van der Waals surface area contributed by atoms with E-state index in [2.05, 4.69) is 10.2 Å². The maximum Gasteiger partial charge on any atom is 0.250 e. The molecule has 23 heavy (non-hydrogen) atoms. The molecule has 0 aliphatic rings. The van der Waals surface area contributed by atoms with E-state index in [1.165, 1.54) is 14.2 Å². The molecule has 0 saturated heterocycles. The zero-order chi connectivity index (χ0) is 16.2. The molecule has 0 unspecified atom stereocenters. The molecular weight excluding hydrogens is 296 g/mol. The van der Waals surface area contributed by atoms with Gasteiger partial charge in [-0.3, -0.25) is 0 Å². The number of hydrogen-bond acceptors (Lipinski definition) is 6. The molecule has 3 aromatic rings. The van der Waals surface area contributed by atoms with E-state index in [1.807, 2.05) is 30.3 Å². The Bertz CT molecular complexity index is 786. The van der Waals surface area contributed by atoms with Gasteiger partial charge in [-0.15, -0.1) is 10.2 Å². The van der Waals surface area contributed by atoms with Crippen LogP contribution in [0.4, 0.5) is 0 Å². The monoisotopic (exact) mass is 312 g/mol. The summed E-state index contributed by atoms with van der Waals surface area (Å²) in [6, 6.07) is 14.6. The van der Waals surface area contributed by atoms with E-state index < -0.39 is 6.10 Å². The van der Waals surface area contributed by atoms with Gasteiger partial charge in [-0.2, -0.15) is 0 Å². The van der Waals surface area contributed by atoms with Crippen molar-refractivity contribution in [3.8, 4) is 23.0 Å². The quantitative estimate of drug-likeness (QED) is 0.780. The van der Waals surface area contributed by atoms with Crippen LogP contribution in [0.15, 0.2) is 52.9 Å². The van der Waals surface area contributed by atoms with Gasteiger partial charge in [-0.1, -0.05) is 30.3 Å². The van der Waals surface area contributed by atoms with Crippen molar-refractivity contribution in [2.45, 2.75) is 6.10 Å². The van der Waals surface area contributed by atoms with Crippen molar-refractivity contribution < 1.29 is 19.0 Å². The van der Waals surface area contributed by atoms with E-state index in [4.69, 9.17) is 13.9 Å². The minimum Gasteiger partial charge on any atom is -0.493 e. The van der Waals surface area contributed by atoms with Gasteiger partial charge in [0.15, 0.2) is 17.6 Å². The van der Waals surface area contributed by atoms with E-state index in [-0.39, 0.29) is 5.89 Å². The molecule has 0 aliphatic heterocycles. The highest BCUT2D eigenvalue weighted by atomic mass is 16.5. The first-order valence-electron chi connectivity index (χ1n) is 7.02. The summed E-state index contributed by atoms with van der Waals surface area (Å²) in [6.07, 6.45) is -1.11. The lowest BCUT2D eigenvalue weighted by atomic mass is 10.1. The van der Waals surface area contributed by atoms with Gasteiger partial charge >= 0.3 is 0 Å². The molecule has 0 bridgehead atoms. The van der Waals surface area contributed by atoms with Gasteiger partial charge in [0.25, 0.3) is 0 Å². The lowest BCUT2D eigenvalue weighted by Gasteiger charge is -2.14. The summed E-state index contributed by atoms with van der Waals surface area (Å²) in [6.45, 7) is 0. The Kier molecular flexibility index (Phi) is 4.25. The predicted molar refractivity (Wildman–Crippen MR) is 83.3 cm³/mol. The van der Waals surface area contributed by atoms with Crippen LogP contribution in [0.2, 0.25) is 0 Å². The van der Waals surface area contributed by atoms with Crippen LogP contribution in [0.3, 0.4) is 0 Å². The summed E-state index contributed by atoms with van der Waals surface area (Å²) in [5, 5.41) is 18.5. The molecule has 1 aromatic heterocycles. The zero-order valence-electron chi connectivity index (χ0n) is 12.8. The van der Waals surface area contributed by atoms with Gasteiger partial charge in [-0.25, -0.2) is 0 Å². The Labute approximate surface area is 133 Å². The normalized spacial score (nSPS) is 12.0. The third-order valence-electron chi connectivity index (χ3n) is 3.42. The number of aromatic nitrogens is 2. The van der Waals surface area contributed by atoms with Crippen molar-refractivity contribution in [2.24, 2.45) is 0 Å². The van der Waals surface area contributed by atoms with Crippen molar-refractivity contribution in [1.82, 2.24) is 10.2 Å². The molecule has 1 atom stereocenters. The summed E-state index contributed by atoms with van der Waals surface area (Å²) >= 11 is 0. The van der Waals surface area contributed by atoms with E-state index in [9.17, 15) is 5.11 Å². The number of nitrogens with zero attached hydrogens (tertiary/aromatic N) is 2. The fraction of sp³-hybridized carbons (Fsp3) is 0.176. The topological polar surface area (TPSA) is 77.6 Å². The van der Waals surface area contributed by atoms with Gasteiger partial charge in [0.2, 0.25) is 11.8 Å². The Balaban J connectivity index is 1.96. The molecule has 3 rings (SSSR count). The van der Waals surface area contributed by atoms with E-state index in [0.717, 1.165) is 5.56 Å². The molecule has 1 heterocycles. The second-order valence-corrected chi connectivity index (χ2v) is 4.80. The van der Waals surface area contributed by atoms with Gasteiger partial charge < -0.3 is 19.0 Å². The van der Waals surface area contributed by atoms with Gasteiger partial charge in [0.05, 0.1) is 14.2 Å². The molecule has 0 amide bonds. The van der Waals surface area contributed by atoms with Crippen molar-refractivity contribution in [2.75, 3.05) is 14.2 Å². The van der Waals surface area contributed by atoms with Crippen molar-refractivity contribution in [3.05, 3.63) is 60.0 Å². The molecule has 0 spiro atoms. The highest BCUT2D eigenvalue weighted by Crippen LogP contribution is 2.37. The van der Waals surface area contributed by atoms with Crippen LogP contribution in [0.5, 0.6) is 11.5 Å². The highest BCUT2D eigenvalue weighted by molar-refractivity contribution is 5.52. The zero-order valence-corrected chi connectivity index (χ0v) is 12.8. The van der Waals surface area contributed by atoms with Crippen molar-refractivity contribution in [3.63, 3.8) is 0 Å². The molecule has 2 aromatic carbocycles. The van der Waals surface area contributed by atoms with E-state index >= 15 is 0 Å². The summed E-state index contributed by atoms with van der Waals surface area (Å²) < 4.78 is 16.2. The number of hydrogen-bond donors (Lipinski definition) is 1. The van der Waals surface area contributed by atoms with Crippen LogP contribution in [0.1, 0.15) is 17.6 Å². The smallest absolute Gasteiger partial charge is 0.250 e. The number of para-hydroxylation sites is 1. The molecule has 0 fully saturated rings. The Morgan fingerprint density at radius 3 is 2.43 bits per heavy atom. The second kappa shape index (κ2) is 6.50. The van der Waals surface area contributed by atoms with Crippen molar-refractivity contribution >= 4 is 0 Å². The number of aliphatic hydroxyl groups excluding tert-OH is 1. The summed E-state index contributed by atoms with van der Waals surface area (Å²) in [5.74, 6) is 1.39. The molecule has 6 nitrogen and oxygen atoms in total. The van der Waals surface area contributed by atoms with Crippen LogP contribution in [-0.2, 0) is 0 Å². The van der Waals surface area contributed by atoms with Crippen LogP contribution in [0, 0.1) is 0 Å². The molecule has 118 valence electrons. The molecule has 6 heteroatoms. The van der Waals surface area contributed by atoms with Crippen LogP contribution >= 0.6 is 0 Å². The maximum atomic E-state index is 10.6. The Morgan fingerprint density at radius 1 is 0.957 bits per heavy atom. The van der Waals surface area contributed by atoms with Crippen molar-refractivity contribution in [1.29, 1.82) is 0 Å². The number of aliphatic hydroxyl groups is 1. The first-order chi connectivity index (χ1) is 11.2. The maximum absolute atomic E-state index is 10.6. The predicted octanol–water partition coefficient (Wildman–Crippen LogP) is 2.84. The van der Waals surface area contributed by atoms with Crippen LogP contribution in [-0.4, -0.2) is 29.5 Å². The molecule has 0 aliphatic carbocycles. The summed E-state index contributed by atoms with van der Waals surface area (Å²) in [4.78, 5) is 0. The second-order valence-electron chi connectivity index (χ2n) is 4.80. The number of ether oxygens (including phenoxy) is 2. The minimum atomic E-state index is -1.11. The first-order valence-corrected chi connectivity index (χ1v) is 7.02. The fourth-order valence-electron chi connectivity index (χ4n) is 2.30. The van der Waals surface area contributed by atoms with Gasteiger partial charge in [-0.05, 0) is 18.2 Å². The van der Waals surface area contributed by atoms with E-state index in [0.29, 0.717) is 23.0 Å². The van der Waals surface area contributed by atoms with Gasteiger partial charge in [0.1, 0.15) is 0 Å². The number of rotatable bonds is 5. The van der Waals surface area contributed by atoms with Crippen LogP contribution in [0.25, 0.3) is 11.5 Å². The SMILES string of the molecule is COc1cccc([C@@H](O)c2nnc(-c3ccccc3)o2)c1OC. The molecule has 0 saturated carbocycles. The third-order valence-corrected chi connectivity index (χ3v) is 3.42. The Hall–Kier alpha value is -2.86. The first kappa shape index (κ1) is 15.1. The lowest BCUT2D eigenvalue weighted by molar-refractivity contribution is 0.178. The van der Waals surface area contributed by atoms with Crippen LogP contribution < -0.4 is 9.47 Å². The average molecular weight is 312 g/mol. The standard InChI is InChI=1S/C17H16N2O4/c1-21-13-10-6-9-12(15(13)22-2)14(20)17-19-18-16(23-17)11-7-4-3-5-8-11/h3-10,14,20H,1-2H3/t14-/m1/s1. The Morgan fingerprint density at radius 2 is 1.74 bits per heavy atom. The minimum absolute atomic E-state index is 0.0930. The molecule has 0 radical (unpaired) electrons. The van der Waals surface area contributed by atoms with E-state index in [1.54, 1.807) is 18.2 Å². The number of benzene rings is 2. The fourth-order valence-corrected chi connectivity index (χ4v) is 2.30. The highest BCUT2D eigenvalue weighted by Gasteiger charge is 2.23. The molecular formula is C17H16N2O4. The lowest BCUT2D eigenvalue weighted by Crippen LogP contribution is -2.04.